The number of halogens is 4. The predicted molar refractivity (Wildman–Crippen MR) is 125 cm³/mol. The van der Waals surface area contributed by atoms with Gasteiger partial charge in [-0.05, 0) is 42.8 Å². The lowest BCUT2D eigenvalue weighted by molar-refractivity contribution is -0.153. The molecule has 0 aliphatic carbocycles. The second-order valence-corrected chi connectivity index (χ2v) is 8.63. The van der Waals surface area contributed by atoms with Gasteiger partial charge in [0.1, 0.15) is 6.04 Å². The van der Waals surface area contributed by atoms with Crippen molar-refractivity contribution in [2.24, 2.45) is 10.9 Å². The molecule has 1 fully saturated rings. The summed E-state index contributed by atoms with van der Waals surface area (Å²) in [6.07, 6.45) is -4.41. The van der Waals surface area contributed by atoms with Crippen molar-refractivity contribution >= 4 is 35.1 Å². The number of anilines is 1. The molecule has 11 heteroatoms. The average Bonchev–Trinajstić information content (AvgIpc) is 2.83. The molecule has 0 spiro atoms. The lowest BCUT2D eigenvalue weighted by Crippen LogP contribution is -2.57. The Morgan fingerprint density at radius 3 is 2.46 bits per heavy atom. The molecule has 4 rings (SSSR count). The van der Waals surface area contributed by atoms with Crippen molar-refractivity contribution in [3.05, 3.63) is 64.7 Å². The van der Waals surface area contributed by atoms with Crippen LogP contribution in [0.25, 0.3) is 0 Å². The molecule has 2 aromatic carbocycles. The Balaban J connectivity index is 1.54. The lowest BCUT2D eigenvalue weighted by atomic mass is 9.91. The van der Waals surface area contributed by atoms with Crippen molar-refractivity contribution in [2.45, 2.75) is 19.1 Å². The van der Waals surface area contributed by atoms with E-state index in [-0.39, 0.29) is 6.61 Å². The first-order valence-electron chi connectivity index (χ1n) is 11.2. The number of piperazine rings is 1. The number of benzene rings is 2. The van der Waals surface area contributed by atoms with Crippen molar-refractivity contribution < 1.29 is 27.5 Å². The molecule has 0 bridgehead atoms. The zero-order valence-corrected chi connectivity index (χ0v) is 19.6. The highest BCUT2D eigenvalue weighted by atomic mass is 35.5. The molecule has 7 nitrogen and oxygen atoms in total. The van der Waals surface area contributed by atoms with Crippen LogP contribution in [0.2, 0.25) is 5.02 Å². The number of rotatable bonds is 4. The Morgan fingerprint density at radius 2 is 1.80 bits per heavy atom. The minimum atomic E-state index is -4.41. The molecule has 0 aromatic heterocycles. The van der Waals surface area contributed by atoms with E-state index in [0.717, 1.165) is 12.1 Å². The molecular formula is C24H24ClF3N4O3. The standard InChI is InChI=1S/C24H24ClF3N4O3/c1-2-35-22(34)19-20(15-5-3-7-17(25)13-15)29-23(30-21(19)33)32-11-9-31(10-12-32)18-8-4-6-16(14-18)24(26,27)28/h3-8,13-14,19-20H,2,9-12H2,1H3,(H,29,30,33). The molecule has 0 radical (unpaired) electrons. The van der Waals surface area contributed by atoms with Crippen LogP contribution >= 0.6 is 11.6 Å². The lowest BCUT2D eigenvalue weighted by Gasteiger charge is -2.39. The highest BCUT2D eigenvalue weighted by Crippen LogP contribution is 2.33. The third-order valence-electron chi connectivity index (χ3n) is 5.94. The molecule has 35 heavy (non-hydrogen) atoms. The number of carbonyl (C=O) groups is 2. The summed E-state index contributed by atoms with van der Waals surface area (Å²) in [5.74, 6) is -2.06. The van der Waals surface area contributed by atoms with E-state index in [1.807, 2.05) is 9.80 Å². The molecule has 2 unspecified atom stereocenters. The number of nitrogens with zero attached hydrogens (tertiary/aromatic N) is 3. The van der Waals surface area contributed by atoms with Gasteiger partial charge in [-0.2, -0.15) is 13.2 Å². The molecule has 2 atom stereocenters. The van der Waals surface area contributed by atoms with Crippen molar-refractivity contribution in [3.8, 4) is 0 Å². The highest BCUT2D eigenvalue weighted by Gasteiger charge is 2.42. The maximum absolute atomic E-state index is 13.1. The highest BCUT2D eigenvalue weighted by molar-refractivity contribution is 6.30. The van der Waals surface area contributed by atoms with Gasteiger partial charge in [-0.3, -0.25) is 14.9 Å². The van der Waals surface area contributed by atoms with E-state index in [4.69, 9.17) is 16.3 Å². The van der Waals surface area contributed by atoms with Gasteiger partial charge in [0, 0.05) is 36.9 Å². The number of carbonyl (C=O) groups excluding carboxylic acids is 2. The molecule has 2 aliphatic heterocycles. The average molecular weight is 509 g/mol. The number of ether oxygens (including phenoxy) is 1. The quantitative estimate of drug-likeness (QED) is 0.501. The molecule has 1 amide bonds. The Morgan fingerprint density at radius 1 is 1.11 bits per heavy atom. The third-order valence-corrected chi connectivity index (χ3v) is 6.18. The Bertz CT molecular complexity index is 1130. The van der Waals surface area contributed by atoms with Gasteiger partial charge in [0.25, 0.3) is 0 Å². The fourth-order valence-electron chi connectivity index (χ4n) is 4.21. The molecule has 1 N–H and O–H groups in total. The Labute approximate surface area is 205 Å². The van der Waals surface area contributed by atoms with Crippen LogP contribution in [0.5, 0.6) is 0 Å². The summed E-state index contributed by atoms with van der Waals surface area (Å²) in [7, 11) is 0. The van der Waals surface area contributed by atoms with Crippen molar-refractivity contribution in [1.82, 2.24) is 10.2 Å². The number of esters is 1. The van der Waals surface area contributed by atoms with Gasteiger partial charge >= 0.3 is 12.1 Å². The fraction of sp³-hybridized carbons (Fsp3) is 0.375. The normalized spacial score (nSPS) is 20.8. The Kier molecular flexibility index (Phi) is 7.20. The van der Waals surface area contributed by atoms with Gasteiger partial charge in [0.2, 0.25) is 11.9 Å². The van der Waals surface area contributed by atoms with Crippen LogP contribution in [0.4, 0.5) is 18.9 Å². The largest absolute Gasteiger partial charge is 0.465 e. The van der Waals surface area contributed by atoms with Crippen molar-refractivity contribution in [3.63, 3.8) is 0 Å². The second kappa shape index (κ2) is 10.2. The predicted octanol–water partition coefficient (Wildman–Crippen LogP) is 3.89. The summed E-state index contributed by atoms with van der Waals surface area (Å²) in [5.41, 5.74) is 0.384. The SMILES string of the molecule is CCOC(=O)C1C(=O)NC(N2CCN(c3cccc(C(F)(F)F)c3)CC2)=NC1c1cccc(Cl)c1. The minimum Gasteiger partial charge on any atom is -0.465 e. The van der Waals surface area contributed by atoms with Crippen LogP contribution in [0, 0.1) is 5.92 Å². The van der Waals surface area contributed by atoms with Gasteiger partial charge in [0.05, 0.1) is 12.2 Å². The van der Waals surface area contributed by atoms with Gasteiger partial charge < -0.3 is 14.5 Å². The first-order chi connectivity index (χ1) is 16.7. The topological polar surface area (TPSA) is 74.2 Å². The number of nitrogens with one attached hydrogen (secondary N) is 1. The number of alkyl halides is 3. The van der Waals surface area contributed by atoms with Gasteiger partial charge in [0.15, 0.2) is 5.92 Å². The van der Waals surface area contributed by atoms with Gasteiger partial charge in [-0.1, -0.05) is 29.8 Å². The Hall–Kier alpha value is -3.27. The molecule has 0 saturated carbocycles. The summed E-state index contributed by atoms with van der Waals surface area (Å²) < 4.78 is 44.4. The first-order valence-corrected chi connectivity index (χ1v) is 11.5. The molecule has 2 aliphatic rings. The third kappa shape index (κ3) is 5.53. The van der Waals surface area contributed by atoms with E-state index in [1.54, 1.807) is 37.3 Å². The maximum Gasteiger partial charge on any atom is 0.416 e. The summed E-state index contributed by atoms with van der Waals surface area (Å²) in [5, 5.41) is 3.16. The summed E-state index contributed by atoms with van der Waals surface area (Å²) in [6.45, 7) is 3.48. The first kappa shape index (κ1) is 24.8. The van der Waals surface area contributed by atoms with E-state index in [2.05, 4.69) is 10.3 Å². The fourth-order valence-corrected chi connectivity index (χ4v) is 4.41. The van der Waals surface area contributed by atoms with Crippen LogP contribution in [0.3, 0.4) is 0 Å². The minimum absolute atomic E-state index is 0.124. The summed E-state index contributed by atoms with van der Waals surface area (Å²) >= 11 is 6.14. The van der Waals surface area contributed by atoms with Crippen molar-refractivity contribution in [1.29, 1.82) is 0 Å². The monoisotopic (exact) mass is 508 g/mol. The number of amides is 1. The summed E-state index contributed by atoms with van der Waals surface area (Å²) in [4.78, 5) is 33.9. The molecular weight excluding hydrogens is 485 g/mol. The van der Waals surface area contributed by atoms with Crippen molar-refractivity contribution in [2.75, 3.05) is 37.7 Å². The van der Waals surface area contributed by atoms with Crippen LogP contribution in [0.1, 0.15) is 24.1 Å². The van der Waals surface area contributed by atoms with E-state index in [1.165, 1.54) is 6.07 Å². The van der Waals surface area contributed by atoms with Crippen LogP contribution in [0.15, 0.2) is 53.5 Å². The van der Waals surface area contributed by atoms with E-state index < -0.39 is 35.6 Å². The van der Waals surface area contributed by atoms with Gasteiger partial charge in [-0.15, -0.1) is 0 Å². The maximum atomic E-state index is 13.1. The van der Waals surface area contributed by atoms with E-state index in [9.17, 15) is 22.8 Å². The number of guanidine groups is 1. The molecule has 186 valence electrons. The summed E-state index contributed by atoms with van der Waals surface area (Å²) in [6, 6.07) is 11.2. The molecule has 2 aromatic rings. The van der Waals surface area contributed by atoms with Crippen LogP contribution in [-0.4, -0.2) is 55.5 Å². The number of hydrogen-bond donors (Lipinski definition) is 1. The van der Waals surface area contributed by atoms with Crippen LogP contribution < -0.4 is 10.2 Å². The van der Waals surface area contributed by atoms with Crippen LogP contribution in [-0.2, 0) is 20.5 Å². The van der Waals surface area contributed by atoms with Gasteiger partial charge in [-0.25, -0.2) is 4.99 Å². The molecule has 2 heterocycles. The number of aliphatic imine (C=N–C) groups is 1. The zero-order chi connectivity index (χ0) is 25.2. The van der Waals surface area contributed by atoms with E-state index >= 15 is 0 Å². The second-order valence-electron chi connectivity index (χ2n) is 8.19. The number of hydrogen-bond acceptors (Lipinski definition) is 6. The molecule has 1 saturated heterocycles. The van der Waals surface area contributed by atoms with E-state index in [0.29, 0.717) is 48.4 Å². The zero-order valence-electron chi connectivity index (χ0n) is 18.9. The smallest absolute Gasteiger partial charge is 0.416 e.